The molecule has 18 heavy (non-hydrogen) atoms. The second kappa shape index (κ2) is 4.01. The van der Waals surface area contributed by atoms with E-state index < -0.39 is 0 Å². The summed E-state index contributed by atoms with van der Waals surface area (Å²) in [5, 5.41) is 14.3. The molecule has 0 fully saturated rings. The molecule has 86 valence electrons. The molecule has 3 aromatic rings. The first-order valence-electron chi connectivity index (χ1n) is 5.73. The van der Waals surface area contributed by atoms with Gasteiger partial charge in [-0.3, -0.25) is 0 Å². The molecule has 0 N–H and O–H groups in total. The number of rotatable bonds is 1. The monoisotopic (exact) mass is 233 g/mol. The van der Waals surface area contributed by atoms with Crippen LogP contribution in [-0.2, 0) is 0 Å². The molecule has 1 aromatic heterocycles. The highest BCUT2D eigenvalue weighted by Gasteiger charge is 2.06. The van der Waals surface area contributed by atoms with E-state index in [-0.39, 0.29) is 0 Å². The summed E-state index contributed by atoms with van der Waals surface area (Å²) in [6.07, 6.45) is 1.86. The highest BCUT2D eigenvalue weighted by atomic mass is 15.3. The van der Waals surface area contributed by atoms with E-state index in [0.29, 0.717) is 5.56 Å². The molecule has 0 bridgehead atoms. The minimum Gasteiger partial charge on any atom is -0.233 e. The molecule has 0 spiro atoms. The van der Waals surface area contributed by atoms with Crippen molar-refractivity contribution in [1.82, 2.24) is 9.78 Å². The standard InChI is InChI=1S/C15H11N3/c1-11-3-2-4-13-10-17-18(15(11)13)14-7-5-12(9-16)6-8-14/h2-8,10H,1H3. The third-order valence-electron chi connectivity index (χ3n) is 3.03. The number of benzene rings is 2. The van der Waals surface area contributed by atoms with Crippen LogP contribution >= 0.6 is 0 Å². The number of aromatic nitrogens is 2. The quantitative estimate of drug-likeness (QED) is 0.647. The number of aryl methyl sites for hydroxylation is 1. The average Bonchev–Trinajstić information content (AvgIpc) is 2.84. The van der Waals surface area contributed by atoms with Gasteiger partial charge in [0.25, 0.3) is 0 Å². The third-order valence-corrected chi connectivity index (χ3v) is 3.03. The van der Waals surface area contributed by atoms with Crippen LogP contribution in [-0.4, -0.2) is 9.78 Å². The first kappa shape index (κ1) is 10.5. The fourth-order valence-corrected chi connectivity index (χ4v) is 2.13. The molecule has 0 amide bonds. The van der Waals surface area contributed by atoms with Gasteiger partial charge in [0.15, 0.2) is 0 Å². The van der Waals surface area contributed by atoms with Crippen LogP contribution in [0.3, 0.4) is 0 Å². The molecule has 0 aliphatic heterocycles. The van der Waals surface area contributed by atoms with Crippen molar-refractivity contribution < 1.29 is 0 Å². The van der Waals surface area contributed by atoms with E-state index in [1.807, 2.05) is 29.1 Å². The highest BCUT2D eigenvalue weighted by molar-refractivity contribution is 5.83. The van der Waals surface area contributed by atoms with Gasteiger partial charge < -0.3 is 0 Å². The van der Waals surface area contributed by atoms with Gasteiger partial charge in [0.05, 0.1) is 29.0 Å². The van der Waals surface area contributed by atoms with E-state index in [1.54, 1.807) is 12.1 Å². The van der Waals surface area contributed by atoms with Crippen LogP contribution in [0.25, 0.3) is 16.6 Å². The van der Waals surface area contributed by atoms with Gasteiger partial charge in [-0.05, 0) is 36.8 Å². The molecule has 0 saturated heterocycles. The minimum absolute atomic E-state index is 0.659. The van der Waals surface area contributed by atoms with Gasteiger partial charge in [-0.15, -0.1) is 0 Å². The van der Waals surface area contributed by atoms with Crippen molar-refractivity contribution >= 4 is 10.9 Å². The predicted octanol–water partition coefficient (Wildman–Crippen LogP) is 3.21. The molecular formula is C15H11N3. The van der Waals surface area contributed by atoms with Gasteiger partial charge in [0.1, 0.15) is 0 Å². The molecule has 0 radical (unpaired) electrons. The normalized spacial score (nSPS) is 10.4. The molecule has 0 aliphatic carbocycles. The molecule has 0 atom stereocenters. The maximum atomic E-state index is 8.80. The number of fused-ring (bicyclic) bond motifs is 1. The highest BCUT2D eigenvalue weighted by Crippen LogP contribution is 2.21. The van der Waals surface area contributed by atoms with Gasteiger partial charge in [-0.1, -0.05) is 18.2 Å². The fourth-order valence-electron chi connectivity index (χ4n) is 2.13. The van der Waals surface area contributed by atoms with Crippen LogP contribution in [0, 0.1) is 18.3 Å². The summed E-state index contributed by atoms with van der Waals surface area (Å²) in [6, 6.07) is 15.7. The Morgan fingerprint density at radius 2 is 1.89 bits per heavy atom. The van der Waals surface area contributed by atoms with Crippen molar-refractivity contribution in [3.05, 3.63) is 59.8 Å². The van der Waals surface area contributed by atoms with E-state index in [4.69, 9.17) is 5.26 Å². The maximum absolute atomic E-state index is 8.80. The Balaban J connectivity index is 2.22. The number of para-hydroxylation sites is 1. The lowest BCUT2D eigenvalue weighted by Crippen LogP contribution is -1.97. The number of hydrogen-bond acceptors (Lipinski definition) is 2. The molecule has 0 aliphatic rings. The predicted molar refractivity (Wildman–Crippen MR) is 70.5 cm³/mol. The third kappa shape index (κ3) is 1.56. The zero-order chi connectivity index (χ0) is 12.5. The summed E-state index contributed by atoms with van der Waals surface area (Å²) in [7, 11) is 0. The van der Waals surface area contributed by atoms with E-state index >= 15 is 0 Å². The molecular weight excluding hydrogens is 222 g/mol. The topological polar surface area (TPSA) is 41.6 Å². The van der Waals surface area contributed by atoms with Gasteiger partial charge in [-0.25, -0.2) is 4.68 Å². The second-order valence-electron chi connectivity index (χ2n) is 4.23. The van der Waals surface area contributed by atoms with Crippen molar-refractivity contribution in [3.8, 4) is 11.8 Å². The molecule has 1 heterocycles. The second-order valence-corrected chi connectivity index (χ2v) is 4.23. The lowest BCUT2D eigenvalue weighted by atomic mass is 10.1. The fraction of sp³-hybridized carbons (Fsp3) is 0.0667. The average molecular weight is 233 g/mol. The van der Waals surface area contributed by atoms with Crippen LogP contribution in [0.4, 0.5) is 0 Å². The zero-order valence-electron chi connectivity index (χ0n) is 9.96. The van der Waals surface area contributed by atoms with Crippen molar-refractivity contribution in [2.75, 3.05) is 0 Å². The summed E-state index contributed by atoms with van der Waals surface area (Å²) in [5.41, 5.74) is 3.93. The summed E-state index contributed by atoms with van der Waals surface area (Å²) < 4.78 is 1.91. The summed E-state index contributed by atoms with van der Waals surface area (Å²) in [4.78, 5) is 0. The Labute approximate surface area is 105 Å². The first-order chi connectivity index (χ1) is 8.79. The number of hydrogen-bond donors (Lipinski definition) is 0. The van der Waals surface area contributed by atoms with Crippen molar-refractivity contribution in [1.29, 1.82) is 5.26 Å². The van der Waals surface area contributed by atoms with Gasteiger partial charge in [-0.2, -0.15) is 10.4 Å². The zero-order valence-corrected chi connectivity index (χ0v) is 9.96. The van der Waals surface area contributed by atoms with Gasteiger partial charge in [0, 0.05) is 5.39 Å². The first-order valence-corrected chi connectivity index (χ1v) is 5.73. The SMILES string of the molecule is Cc1cccc2cnn(-c3ccc(C#N)cc3)c12. The Bertz CT molecular complexity index is 745. The minimum atomic E-state index is 0.659. The Kier molecular flexibility index (Phi) is 2.35. The smallest absolute Gasteiger partial charge is 0.0991 e. The molecule has 0 saturated carbocycles. The van der Waals surface area contributed by atoms with Crippen LogP contribution in [0.15, 0.2) is 48.7 Å². The van der Waals surface area contributed by atoms with Crippen LogP contribution in [0.1, 0.15) is 11.1 Å². The van der Waals surface area contributed by atoms with E-state index in [2.05, 4.69) is 30.2 Å². The van der Waals surface area contributed by atoms with Crippen molar-refractivity contribution in [2.24, 2.45) is 0 Å². The molecule has 3 heteroatoms. The lowest BCUT2D eigenvalue weighted by molar-refractivity contribution is 0.907. The van der Waals surface area contributed by atoms with E-state index in [1.165, 1.54) is 5.56 Å². The molecule has 3 nitrogen and oxygen atoms in total. The van der Waals surface area contributed by atoms with Gasteiger partial charge in [0.2, 0.25) is 0 Å². The van der Waals surface area contributed by atoms with E-state index in [9.17, 15) is 0 Å². The van der Waals surface area contributed by atoms with Crippen LogP contribution in [0.2, 0.25) is 0 Å². The van der Waals surface area contributed by atoms with Gasteiger partial charge >= 0.3 is 0 Å². The molecule has 0 unspecified atom stereocenters. The van der Waals surface area contributed by atoms with Crippen LogP contribution < -0.4 is 0 Å². The number of nitriles is 1. The molecule has 2 aromatic carbocycles. The van der Waals surface area contributed by atoms with Crippen LogP contribution in [0.5, 0.6) is 0 Å². The summed E-state index contributed by atoms with van der Waals surface area (Å²) >= 11 is 0. The number of nitrogens with zero attached hydrogens (tertiary/aromatic N) is 3. The Morgan fingerprint density at radius 1 is 1.11 bits per heavy atom. The maximum Gasteiger partial charge on any atom is 0.0991 e. The lowest BCUT2D eigenvalue weighted by Gasteiger charge is -2.05. The molecule has 3 rings (SSSR count). The van der Waals surface area contributed by atoms with Crippen molar-refractivity contribution in [3.63, 3.8) is 0 Å². The summed E-state index contributed by atoms with van der Waals surface area (Å²) in [6.45, 7) is 2.07. The Hall–Kier alpha value is -2.60. The van der Waals surface area contributed by atoms with Crippen molar-refractivity contribution in [2.45, 2.75) is 6.92 Å². The largest absolute Gasteiger partial charge is 0.233 e. The Morgan fingerprint density at radius 3 is 2.61 bits per heavy atom. The van der Waals surface area contributed by atoms with E-state index in [0.717, 1.165) is 16.6 Å². The summed E-state index contributed by atoms with van der Waals surface area (Å²) in [5.74, 6) is 0.